The second kappa shape index (κ2) is 7.85. The normalized spacial score (nSPS) is 24.8. The van der Waals surface area contributed by atoms with Gasteiger partial charge in [-0.15, -0.1) is 0 Å². The summed E-state index contributed by atoms with van der Waals surface area (Å²) in [6.07, 6.45) is 10.1. The Morgan fingerprint density at radius 1 is 0.947 bits per heavy atom. The van der Waals surface area contributed by atoms with E-state index in [-0.39, 0.29) is 6.42 Å². The molecule has 1 aliphatic heterocycles. The molecular weight excluding hydrogens is 240 g/mol. The van der Waals surface area contributed by atoms with E-state index in [2.05, 4.69) is 9.80 Å². The molecule has 19 heavy (non-hydrogen) atoms. The molecule has 0 spiro atoms. The van der Waals surface area contributed by atoms with Gasteiger partial charge >= 0.3 is 5.97 Å². The number of rotatable bonds is 4. The first-order valence-electron chi connectivity index (χ1n) is 7.94. The molecular formula is C15H28N2O2. The van der Waals surface area contributed by atoms with E-state index in [0.29, 0.717) is 6.54 Å². The second-order valence-electron chi connectivity index (χ2n) is 6.02. The summed E-state index contributed by atoms with van der Waals surface area (Å²) in [5.74, 6) is -0.678. The molecule has 0 aromatic carbocycles. The van der Waals surface area contributed by atoms with Crippen LogP contribution < -0.4 is 0 Å². The van der Waals surface area contributed by atoms with Crippen molar-refractivity contribution in [1.29, 1.82) is 0 Å². The van der Waals surface area contributed by atoms with Crippen molar-refractivity contribution in [3.63, 3.8) is 0 Å². The van der Waals surface area contributed by atoms with Gasteiger partial charge < -0.3 is 10.0 Å². The number of carboxylic acids is 1. The minimum atomic E-state index is -0.678. The van der Waals surface area contributed by atoms with Crippen LogP contribution in [-0.4, -0.2) is 59.6 Å². The summed E-state index contributed by atoms with van der Waals surface area (Å²) in [7, 11) is 0. The highest BCUT2D eigenvalue weighted by Gasteiger charge is 2.23. The third-order valence-corrected chi connectivity index (χ3v) is 4.64. The van der Waals surface area contributed by atoms with E-state index in [1.807, 2.05) is 0 Å². The molecule has 0 aromatic rings. The maximum atomic E-state index is 10.6. The zero-order valence-corrected chi connectivity index (χ0v) is 12.0. The molecule has 4 heteroatoms. The molecule has 1 N–H and O–H groups in total. The lowest BCUT2D eigenvalue weighted by Gasteiger charge is -2.40. The number of carbonyl (C=O) groups is 1. The molecule has 1 saturated heterocycles. The third kappa shape index (κ3) is 5.11. The van der Waals surface area contributed by atoms with E-state index < -0.39 is 5.97 Å². The molecule has 0 bridgehead atoms. The minimum absolute atomic E-state index is 0.281. The number of piperazine rings is 1. The molecule has 0 atom stereocenters. The van der Waals surface area contributed by atoms with Crippen LogP contribution in [0.3, 0.4) is 0 Å². The molecule has 2 rings (SSSR count). The first kappa shape index (κ1) is 14.8. The van der Waals surface area contributed by atoms with Crippen LogP contribution in [0.4, 0.5) is 0 Å². The topological polar surface area (TPSA) is 43.8 Å². The van der Waals surface area contributed by atoms with Gasteiger partial charge in [0.25, 0.3) is 0 Å². The quantitative estimate of drug-likeness (QED) is 0.849. The van der Waals surface area contributed by atoms with Gasteiger partial charge in [0.05, 0.1) is 6.42 Å². The fraction of sp³-hybridized carbons (Fsp3) is 0.933. The largest absolute Gasteiger partial charge is 0.481 e. The predicted molar refractivity (Wildman–Crippen MR) is 76.4 cm³/mol. The molecule has 0 unspecified atom stereocenters. The summed E-state index contributed by atoms with van der Waals surface area (Å²) >= 11 is 0. The van der Waals surface area contributed by atoms with Gasteiger partial charge in [0, 0.05) is 38.8 Å². The highest BCUT2D eigenvalue weighted by Crippen LogP contribution is 2.22. The Labute approximate surface area is 116 Å². The number of hydrogen-bond donors (Lipinski definition) is 1. The van der Waals surface area contributed by atoms with Crippen molar-refractivity contribution in [3.05, 3.63) is 0 Å². The van der Waals surface area contributed by atoms with E-state index >= 15 is 0 Å². The van der Waals surface area contributed by atoms with E-state index in [1.54, 1.807) is 0 Å². The Balaban J connectivity index is 1.70. The summed E-state index contributed by atoms with van der Waals surface area (Å²) in [4.78, 5) is 15.5. The van der Waals surface area contributed by atoms with Crippen molar-refractivity contribution in [1.82, 2.24) is 9.80 Å². The maximum Gasteiger partial charge on any atom is 0.304 e. The van der Waals surface area contributed by atoms with Crippen molar-refractivity contribution >= 4 is 5.97 Å². The number of nitrogens with zero attached hydrogens (tertiary/aromatic N) is 2. The average Bonchev–Trinajstić information content (AvgIpc) is 2.37. The zero-order chi connectivity index (χ0) is 13.5. The predicted octanol–water partition coefficient (Wildman–Crippen LogP) is 2.19. The van der Waals surface area contributed by atoms with Crippen LogP contribution in [0.15, 0.2) is 0 Å². The van der Waals surface area contributed by atoms with E-state index in [1.165, 1.54) is 44.9 Å². The second-order valence-corrected chi connectivity index (χ2v) is 6.02. The van der Waals surface area contributed by atoms with Gasteiger partial charge in [-0.3, -0.25) is 9.69 Å². The van der Waals surface area contributed by atoms with Gasteiger partial charge in [-0.2, -0.15) is 0 Å². The Kier molecular flexibility index (Phi) is 6.11. The van der Waals surface area contributed by atoms with Crippen molar-refractivity contribution in [2.45, 2.75) is 57.4 Å². The molecule has 110 valence electrons. The zero-order valence-electron chi connectivity index (χ0n) is 12.0. The smallest absolute Gasteiger partial charge is 0.304 e. The number of hydrogen-bond acceptors (Lipinski definition) is 3. The monoisotopic (exact) mass is 268 g/mol. The molecule has 2 aliphatic rings. The molecule has 0 aromatic heterocycles. The average molecular weight is 268 g/mol. The van der Waals surface area contributed by atoms with E-state index in [9.17, 15) is 4.79 Å². The standard InChI is InChI=1S/C15H28N2O2/c18-15(19)8-9-16-10-12-17(13-11-16)14-6-4-2-1-3-5-7-14/h14H,1-13H2,(H,18,19). The Bertz CT molecular complexity index is 267. The van der Waals surface area contributed by atoms with Gasteiger partial charge in [0.2, 0.25) is 0 Å². The van der Waals surface area contributed by atoms with Gasteiger partial charge in [0.1, 0.15) is 0 Å². The number of carboxylic acid groups (broad SMARTS) is 1. The third-order valence-electron chi connectivity index (χ3n) is 4.64. The van der Waals surface area contributed by atoms with Crippen molar-refractivity contribution in [3.8, 4) is 0 Å². The van der Waals surface area contributed by atoms with Crippen LogP contribution in [0.5, 0.6) is 0 Å². The molecule has 1 aliphatic carbocycles. The van der Waals surface area contributed by atoms with Gasteiger partial charge in [-0.25, -0.2) is 0 Å². The molecule has 1 saturated carbocycles. The Morgan fingerprint density at radius 3 is 2.11 bits per heavy atom. The minimum Gasteiger partial charge on any atom is -0.481 e. The van der Waals surface area contributed by atoms with Crippen molar-refractivity contribution in [2.75, 3.05) is 32.7 Å². The van der Waals surface area contributed by atoms with Crippen molar-refractivity contribution < 1.29 is 9.90 Å². The number of aliphatic carboxylic acids is 1. The lowest BCUT2D eigenvalue weighted by Crippen LogP contribution is -2.50. The lowest BCUT2D eigenvalue weighted by molar-refractivity contribution is -0.137. The van der Waals surface area contributed by atoms with Crippen LogP contribution in [0.1, 0.15) is 51.4 Å². The fourth-order valence-electron chi connectivity index (χ4n) is 3.41. The van der Waals surface area contributed by atoms with Crippen LogP contribution in [0.2, 0.25) is 0 Å². The fourth-order valence-corrected chi connectivity index (χ4v) is 3.41. The molecule has 0 radical (unpaired) electrons. The summed E-state index contributed by atoms with van der Waals surface area (Å²) in [6.45, 7) is 5.07. The van der Waals surface area contributed by atoms with Crippen molar-refractivity contribution in [2.24, 2.45) is 0 Å². The van der Waals surface area contributed by atoms with E-state index in [0.717, 1.165) is 32.2 Å². The molecule has 1 heterocycles. The molecule has 4 nitrogen and oxygen atoms in total. The lowest BCUT2D eigenvalue weighted by atomic mass is 9.95. The first-order chi connectivity index (χ1) is 9.25. The van der Waals surface area contributed by atoms with Gasteiger partial charge in [-0.05, 0) is 12.8 Å². The van der Waals surface area contributed by atoms with Crippen LogP contribution in [-0.2, 0) is 4.79 Å². The van der Waals surface area contributed by atoms with Crippen LogP contribution >= 0.6 is 0 Å². The van der Waals surface area contributed by atoms with Gasteiger partial charge in [-0.1, -0.05) is 32.1 Å². The molecule has 0 amide bonds. The SMILES string of the molecule is O=C(O)CCN1CCN(C2CCCCCCC2)CC1. The highest BCUT2D eigenvalue weighted by atomic mass is 16.4. The summed E-state index contributed by atoms with van der Waals surface area (Å²) in [5.41, 5.74) is 0. The van der Waals surface area contributed by atoms with Crippen LogP contribution in [0, 0.1) is 0 Å². The summed E-state index contributed by atoms with van der Waals surface area (Å²) < 4.78 is 0. The molecule has 2 fully saturated rings. The highest BCUT2D eigenvalue weighted by molar-refractivity contribution is 5.66. The maximum absolute atomic E-state index is 10.6. The summed E-state index contributed by atoms with van der Waals surface area (Å²) in [5, 5.41) is 8.72. The van der Waals surface area contributed by atoms with Crippen LogP contribution in [0.25, 0.3) is 0 Å². The van der Waals surface area contributed by atoms with E-state index in [4.69, 9.17) is 5.11 Å². The Morgan fingerprint density at radius 2 is 1.53 bits per heavy atom. The van der Waals surface area contributed by atoms with Gasteiger partial charge in [0.15, 0.2) is 0 Å². The first-order valence-corrected chi connectivity index (χ1v) is 7.94. The Hall–Kier alpha value is -0.610. The summed E-state index contributed by atoms with van der Waals surface area (Å²) in [6, 6.07) is 0.793.